The van der Waals surface area contributed by atoms with Gasteiger partial charge in [-0.1, -0.05) is 12.1 Å². The molecule has 0 saturated carbocycles. The fourth-order valence-corrected chi connectivity index (χ4v) is 1.97. The standard InChI is InChI=1S/C14H21NO3/c1-10(15-14(2,3)13(17)18-4)9-11-5-7-12(16)8-6-11/h5-8,10,15-16H,9H2,1-4H3. The first kappa shape index (κ1) is 14.5. The van der Waals surface area contributed by atoms with Crippen LogP contribution in [-0.2, 0) is 16.0 Å². The molecule has 0 amide bonds. The Bertz CT molecular complexity index is 398. The lowest BCUT2D eigenvalue weighted by molar-refractivity contribution is -0.147. The molecule has 0 aromatic heterocycles. The molecule has 0 fully saturated rings. The number of benzene rings is 1. The summed E-state index contributed by atoms with van der Waals surface area (Å²) in [5, 5.41) is 12.4. The highest BCUT2D eigenvalue weighted by Gasteiger charge is 2.29. The lowest BCUT2D eigenvalue weighted by atomic mass is 10.0. The molecule has 1 rings (SSSR count). The van der Waals surface area contributed by atoms with E-state index in [2.05, 4.69) is 5.32 Å². The quantitative estimate of drug-likeness (QED) is 0.784. The summed E-state index contributed by atoms with van der Waals surface area (Å²) in [4.78, 5) is 11.5. The number of rotatable bonds is 5. The van der Waals surface area contributed by atoms with Gasteiger partial charge >= 0.3 is 5.97 Å². The van der Waals surface area contributed by atoms with Gasteiger partial charge in [-0.15, -0.1) is 0 Å². The first-order chi connectivity index (χ1) is 8.35. The zero-order valence-electron chi connectivity index (χ0n) is 11.4. The molecular formula is C14H21NO3. The second kappa shape index (κ2) is 5.87. The van der Waals surface area contributed by atoms with E-state index in [0.29, 0.717) is 0 Å². The molecule has 0 aliphatic carbocycles. The van der Waals surface area contributed by atoms with Crippen LogP contribution in [0.1, 0.15) is 26.3 Å². The molecule has 2 N–H and O–H groups in total. The maximum atomic E-state index is 11.5. The zero-order valence-corrected chi connectivity index (χ0v) is 11.4. The van der Waals surface area contributed by atoms with Crippen molar-refractivity contribution in [1.29, 1.82) is 0 Å². The normalized spacial score (nSPS) is 13.1. The third-order valence-corrected chi connectivity index (χ3v) is 2.78. The van der Waals surface area contributed by atoms with E-state index in [1.165, 1.54) is 7.11 Å². The summed E-state index contributed by atoms with van der Waals surface area (Å²) < 4.78 is 4.75. The van der Waals surface area contributed by atoms with Gasteiger partial charge in [0.25, 0.3) is 0 Å². The second-order valence-electron chi connectivity index (χ2n) is 5.03. The van der Waals surface area contributed by atoms with Gasteiger partial charge in [-0.3, -0.25) is 10.1 Å². The van der Waals surface area contributed by atoms with Gasteiger partial charge in [0.15, 0.2) is 0 Å². The number of phenolic OH excluding ortho intramolecular Hbond substituents is 1. The van der Waals surface area contributed by atoms with Crippen molar-refractivity contribution < 1.29 is 14.6 Å². The average molecular weight is 251 g/mol. The van der Waals surface area contributed by atoms with Crippen LogP contribution in [-0.4, -0.2) is 29.8 Å². The molecule has 0 radical (unpaired) electrons. The first-order valence-electron chi connectivity index (χ1n) is 5.99. The lowest BCUT2D eigenvalue weighted by Crippen LogP contribution is -2.51. The van der Waals surface area contributed by atoms with Crippen molar-refractivity contribution >= 4 is 5.97 Å². The van der Waals surface area contributed by atoms with Gasteiger partial charge in [0, 0.05) is 6.04 Å². The van der Waals surface area contributed by atoms with Crippen LogP contribution in [0.3, 0.4) is 0 Å². The highest BCUT2D eigenvalue weighted by atomic mass is 16.5. The summed E-state index contributed by atoms with van der Waals surface area (Å²) in [6, 6.07) is 7.20. The molecule has 0 spiro atoms. The molecule has 1 aromatic rings. The predicted octanol–water partition coefficient (Wildman–Crippen LogP) is 1.86. The monoisotopic (exact) mass is 251 g/mol. The summed E-state index contributed by atoms with van der Waals surface area (Å²) in [5.74, 6) is -0.0192. The van der Waals surface area contributed by atoms with E-state index < -0.39 is 5.54 Å². The number of aromatic hydroxyl groups is 1. The maximum absolute atomic E-state index is 11.5. The highest BCUT2D eigenvalue weighted by molar-refractivity contribution is 5.79. The Morgan fingerprint density at radius 1 is 1.39 bits per heavy atom. The van der Waals surface area contributed by atoms with Gasteiger partial charge in [-0.05, 0) is 44.9 Å². The van der Waals surface area contributed by atoms with Crippen LogP contribution in [0.5, 0.6) is 5.75 Å². The lowest BCUT2D eigenvalue weighted by Gasteiger charge is -2.27. The summed E-state index contributed by atoms with van der Waals surface area (Å²) in [5.41, 5.74) is 0.402. The van der Waals surface area contributed by atoms with Gasteiger partial charge in [-0.2, -0.15) is 0 Å². The van der Waals surface area contributed by atoms with E-state index in [1.807, 2.05) is 19.1 Å². The number of hydrogen-bond donors (Lipinski definition) is 2. The van der Waals surface area contributed by atoms with E-state index >= 15 is 0 Å². The molecular weight excluding hydrogens is 230 g/mol. The number of hydrogen-bond acceptors (Lipinski definition) is 4. The molecule has 0 bridgehead atoms. The molecule has 0 heterocycles. The number of carbonyl (C=O) groups excluding carboxylic acids is 1. The van der Waals surface area contributed by atoms with Crippen LogP contribution in [0.4, 0.5) is 0 Å². The molecule has 0 aliphatic heterocycles. The second-order valence-corrected chi connectivity index (χ2v) is 5.03. The van der Waals surface area contributed by atoms with Crippen LogP contribution in [0.15, 0.2) is 24.3 Å². The minimum atomic E-state index is -0.703. The number of nitrogens with one attached hydrogen (secondary N) is 1. The highest BCUT2D eigenvalue weighted by Crippen LogP contribution is 2.13. The van der Waals surface area contributed by atoms with Crippen molar-refractivity contribution in [2.24, 2.45) is 0 Å². The Balaban J connectivity index is 2.58. The van der Waals surface area contributed by atoms with Crippen LogP contribution < -0.4 is 5.32 Å². The molecule has 18 heavy (non-hydrogen) atoms. The Kier molecular flexibility index (Phi) is 4.73. The number of phenols is 1. The average Bonchev–Trinajstić information content (AvgIpc) is 2.30. The Morgan fingerprint density at radius 2 is 1.94 bits per heavy atom. The van der Waals surface area contributed by atoms with Gasteiger partial charge in [-0.25, -0.2) is 0 Å². The van der Waals surface area contributed by atoms with Crippen LogP contribution in [0.2, 0.25) is 0 Å². The molecule has 1 aromatic carbocycles. The fraction of sp³-hybridized carbons (Fsp3) is 0.500. The number of esters is 1. The van der Waals surface area contributed by atoms with Crippen molar-refractivity contribution in [2.75, 3.05) is 7.11 Å². The smallest absolute Gasteiger partial charge is 0.325 e. The summed E-state index contributed by atoms with van der Waals surface area (Å²) in [7, 11) is 1.39. The van der Waals surface area contributed by atoms with Crippen LogP contribution in [0.25, 0.3) is 0 Å². The van der Waals surface area contributed by atoms with Gasteiger partial charge < -0.3 is 9.84 Å². The van der Waals surface area contributed by atoms with E-state index in [9.17, 15) is 9.90 Å². The van der Waals surface area contributed by atoms with E-state index in [-0.39, 0.29) is 17.8 Å². The third kappa shape index (κ3) is 4.04. The third-order valence-electron chi connectivity index (χ3n) is 2.78. The van der Waals surface area contributed by atoms with E-state index in [4.69, 9.17) is 4.74 Å². The molecule has 1 unspecified atom stereocenters. The molecule has 0 saturated heterocycles. The molecule has 0 aliphatic rings. The molecule has 1 atom stereocenters. The van der Waals surface area contributed by atoms with Gasteiger partial charge in [0.1, 0.15) is 11.3 Å². The van der Waals surface area contributed by atoms with Crippen molar-refractivity contribution in [3.05, 3.63) is 29.8 Å². The van der Waals surface area contributed by atoms with Crippen LogP contribution in [0, 0.1) is 0 Å². The maximum Gasteiger partial charge on any atom is 0.325 e. The van der Waals surface area contributed by atoms with Gasteiger partial charge in [0.2, 0.25) is 0 Å². The molecule has 4 nitrogen and oxygen atoms in total. The first-order valence-corrected chi connectivity index (χ1v) is 5.99. The van der Waals surface area contributed by atoms with Crippen LogP contribution >= 0.6 is 0 Å². The molecule has 4 heteroatoms. The summed E-state index contributed by atoms with van der Waals surface area (Å²) >= 11 is 0. The van der Waals surface area contributed by atoms with Crippen molar-refractivity contribution in [1.82, 2.24) is 5.32 Å². The number of carbonyl (C=O) groups is 1. The topological polar surface area (TPSA) is 58.6 Å². The fourth-order valence-electron chi connectivity index (χ4n) is 1.97. The Morgan fingerprint density at radius 3 is 2.44 bits per heavy atom. The summed E-state index contributed by atoms with van der Waals surface area (Å²) in [6.45, 7) is 5.61. The van der Waals surface area contributed by atoms with Crippen molar-refractivity contribution in [2.45, 2.75) is 38.8 Å². The largest absolute Gasteiger partial charge is 0.508 e. The number of methoxy groups -OCH3 is 1. The summed E-state index contributed by atoms with van der Waals surface area (Å²) in [6.07, 6.45) is 0.778. The van der Waals surface area contributed by atoms with E-state index in [0.717, 1.165) is 12.0 Å². The zero-order chi connectivity index (χ0) is 13.8. The van der Waals surface area contributed by atoms with E-state index in [1.54, 1.807) is 26.0 Å². The van der Waals surface area contributed by atoms with Gasteiger partial charge in [0.05, 0.1) is 7.11 Å². The SMILES string of the molecule is COC(=O)C(C)(C)NC(C)Cc1ccc(O)cc1. The minimum absolute atomic E-state index is 0.128. The number of ether oxygens (including phenoxy) is 1. The van der Waals surface area contributed by atoms with Crippen molar-refractivity contribution in [3.63, 3.8) is 0 Å². The Hall–Kier alpha value is -1.55. The predicted molar refractivity (Wildman–Crippen MR) is 70.5 cm³/mol. The van der Waals surface area contributed by atoms with Crippen molar-refractivity contribution in [3.8, 4) is 5.75 Å². The minimum Gasteiger partial charge on any atom is -0.508 e. The molecule has 100 valence electrons. The Labute approximate surface area is 108 Å².